The van der Waals surface area contributed by atoms with Crippen molar-refractivity contribution in [2.75, 3.05) is 22.2 Å². The van der Waals surface area contributed by atoms with Gasteiger partial charge < -0.3 is 5.11 Å². The molecule has 29 heavy (non-hydrogen) atoms. The molecule has 2 aromatic rings. The van der Waals surface area contributed by atoms with Gasteiger partial charge in [0.25, 0.3) is 5.92 Å². The van der Waals surface area contributed by atoms with Crippen molar-refractivity contribution in [3.05, 3.63) is 41.6 Å². The Labute approximate surface area is 169 Å². The van der Waals surface area contributed by atoms with Crippen LogP contribution >= 0.6 is 0 Å². The number of nitrogens with zero attached hydrogens (tertiary/aromatic N) is 3. The van der Waals surface area contributed by atoms with Crippen LogP contribution in [0.25, 0.3) is 11.3 Å². The number of rotatable bonds is 5. The van der Waals surface area contributed by atoms with Gasteiger partial charge in [0.05, 0.1) is 23.2 Å². The zero-order valence-corrected chi connectivity index (χ0v) is 17.2. The van der Waals surface area contributed by atoms with Gasteiger partial charge in [-0.1, -0.05) is 12.1 Å². The molecule has 1 fully saturated rings. The van der Waals surface area contributed by atoms with E-state index in [1.54, 1.807) is 25.1 Å². The quantitative estimate of drug-likeness (QED) is 0.802. The average Bonchev–Trinajstić information content (AvgIpc) is 3.20. The van der Waals surface area contributed by atoms with E-state index in [-0.39, 0.29) is 13.0 Å². The van der Waals surface area contributed by atoms with Gasteiger partial charge in [0.1, 0.15) is 0 Å². The second-order valence-electron chi connectivity index (χ2n) is 7.89. The predicted octanol–water partition coefficient (Wildman–Crippen LogP) is 3.14. The highest BCUT2D eigenvalue weighted by atomic mass is 32.2. The highest BCUT2D eigenvalue weighted by molar-refractivity contribution is 7.94. The maximum atomic E-state index is 13.4. The summed E-state index contributed by atoms with van der Waals surface area (Å²) >= 11 is 0. The molecule has 6 nitrogen and oxygen atoms in total. The van der Waals surface area contributed by atoms with Gasteiger partial charge in [-0.25, -0.2) is 8.78 Å². The minimum absolute atomic E-state index is 0.229. The van der Waals surface area contributed by atoms with E-state index >= 15 is 0 Å². The Balaban J connectivity index is 1.72. The zero-order chi connectivity index (χ0) is 21.1. The van der Waals surface area contributed by atoms with E-state index in [2.05, 4.69) is 4.98 Å². The standard InChI is InChI=1S/C20H23F2N3O3S/c1-12-4-6-16(8-13(2)26)23-19(12)14-5-7-17-18(9-14)24(3)29(27,28)25(17)11-15-10-20(15,21)22/h4-7,9,13,15,26H,8,10-11H2,1-3H3. The van der Waals surface area contributed by atoms with Crippen molar-refractivity contribution in [2.45, 2.75) is 38.7 Å². The first-order chi connectivity index (χ1) is 13.5. The molecule has 4 rings (SSSR count). The van der Waals surface area contributed by atoms with Crippen LogP contribution in [0.4, 0.5) is 20.2 Å². The first kappa shape index (κ1) is 20.0. The second-order valence-corrected chi connectivity index (χ2v) is 9.78. The fourth-order valence-corrected chi connectivity index (χ4v) is 5.13. The normalized spacial score (nSPS) is 22.5. The maximum Gasteiger partial charge on any atom is 0.326 e. The van der Waals surface area contributed by atoms with Crippen LogP contribution in [0.5, 0.6) is 0 Å². The Kier molecular flexibility index (Phi) is 4.58. The highest BCUT2D eigenvalue weighted by Crippen LogP contribution is 2.51. The van der Waals surface area contributed by atoms with Crippen molar-refractivity contribution in [3.63, 3.8) is 0 Å². The minimum atomic E-state index is -3.88. The van der Waals surface area contributed by atoms with Gasteiger partial charge in [0, 0.05) is 43.6 Å². The van der Waals surface area contributed by atoms with Gasteiger partial charge >= 0.3 is 10.2 Å². The fraction of sp³-hybridized carbons (Fsp3) is 0.450. The molecule has 2 atom stereocenters. The Morgan fingerprint density at radius 1 is 1.28 bits per heavy atom. The molecule has 1 aromatic heterocycles. The lowest BCUT2D eigenvalue weighted by Gasteiger charge is -2.18. The Morgan fingerprint density at radius 3 is 2.59 bits per heavy atom. The van der Waals surface area contributed by atoms with Crippen molar-refractivity contribution < 1.29 is 22.3 Å². The summed E-state index contributed by atoms with van der Waals surface area (Å²) in [6.07, 6.45) is -0.394. The van der Waals surface area contributed by atoms with Crippen LogP contribution in [0.15, 0.2) is 30.3 Å². The molecule has 0 radical (unpaired) electrons. The molecular weight excluding hydrogens is 400 g/mol. The van der Waals surface area contributed by atoms with Crippen LogP contribution < -0.4 is 8.61 Å². The molecule has 0 amide bonds. The smallest absolute Gasteiger partial charge is 0.326 e. The first-order valence-electron chi connectivity index (χ1n) is 9.44. The van der Waals surface area contributed by atoms with E-state index in [0.29, 0.717) is 23.5 Å². The number of aryl methyl sites for hydroxylation is 1. The number of anilines is 2. The van der Waals surface area contributed by atoms with Gasteiger partial charge in [0.15, 0.2) is 0 Å². The highest BCUT2D eigenvalue weighted by Gasteiger charge is 2.59. The van der Waals surface area contributed by atoms with Gasteiger partial charge in [-0.05, 0) is 37.6 Å². The molecule has 0 saturated heterocycles. The lowest BCUT2D eigenvalue weighted by molar-refractivity contribution is 0.101. The van der Waals surface area contributed by atoms with E-state index in [0.717, 1.165) is 25.4 Å². The van der Waals surface area contributed by atoms with Crippen molar-refractivity contribution >= 4 is 21.6 Å². The molecule has 2 aliphatic rings. The summed E-state index contributed by atoms with van der Waals surface area (Å²) in [6, 6.07) is 8.89. The van der Waals surface area contributed by atoms with E-state index in [9.17, 15) is 22.3 Å². The molecule has 2 heterocycles. The van der Waals surface area contributed by atoms with E-state index in [1.165, 1.54) is 7.05 Å². The first-order valence-corrected chi connectivity index (χ1v) is 10.8. The number of benzene rings is 1. The van der Waals surface area contributed by atoms with Crippen LogP contribution in [0, 0.1) is 12.8 Å². The summed E-state index contributed by atoms with van der Waals surface area (Å²) in [5, 5.41) is 9.63. The van der Waals surface area contributed by atoms with Crippen molar-refractivity contribution in [3.8, 4) is 11.3 Å². The third-order valence-corrected chi connectivity index (χ3v) is 7.27. The molecule has 9 heteroatoms. The molecule has 0 bridgehead atoms. The number of pyridine rings is 1. The molecule has 1 saturated carbocycles. The molecule has 1 aliphatic carbocycles. The minimum Gasteiger partial charge on any atom is -0.393 e. The van der Waals surface area contributed by atoms with E-state index < -0.39 is 28.2 Å². The lowest BCUT2D eigenvalue weighted by atomic mass is 10.0. The molecule has 1 aromatic carbocycles. The third-order valence-electron chi connectivity index (χ3n) is 5.48. The number of aliphatic hydroxyl groups excluding tert-OH is 1. The zero-order valence-electron chi connectivity index (χ0n) is 16.4. The lowest BCUT2D eigenvalue weighted by Crippen LogP contribution is -2.37. The van der Waals surface area contributed by atoms with Crippen molar-refractivity contribution in [1.29, 1.82) is 0 Å². The van der Waals surface area contributed by atoms with Gasteiger partial charge in [-0.15, -0.1) is 0 Å². The summed E-state index contributed by atoms with van der Waals surface area (Å²) in [4.78, 5) is 4.63. The molecule has 1 aliphatic heterocycles. The van der Waals surface area contributed by atoms with Crippen LogP contribution in [0.2, 0.25) is 0 Å². The Morgan fingerprint density at radius 2 is 1.97 bits per heavy atom. The summed E-state index contributed by atoms with van der Waals surface area (Å²) in [7, 11) is -2.46. The summed E-state index contributed by atoms with van der Waals surface area (Å²) in [5.74, 6) is -3.74. The van der Waals surface area contributed by atoms with Gasteiger partial charge in [0.2, 0.25) is 0 Å². The number of aliphatic hydroxyl groups is 1. The number of hydrogen-bond donors (Lipinski definition) is 1. The van der Waals surface area contributed by atoms with E-state index in [4.69, 9.17) is 0 Å². The number of halogens is 2. The molecule has 2 unspecified atom stereocenters. The largest absolute Gasteiger partial charge is 0.393 e. The SMILES string of the molecule is Cc1ccc(CC(C)O)nc1-c1ccc2c(c1)N(C)S(=O)(=O)N2CC1CC1(F)F. The fourth-order valence-electron chi connectivity index (χ4n) is 3.67. The summed E-state index contributed by atoms with van der Waals surface area (Å²) in [5.41, 5.74) is 3.92. The molecule has 1 N–H and O–H groups in total. The maximum absolute atomic E-state index is 13.4. The monoisotopic (exact) mass is 423 g/mol. The second kappa shape index (κ2) is 6.63. The van der Waals surface area contributed by atoms with Crippen LogP contribution in [0.1, 0.15) is 24.6 Å². The summed E-state index contributed by atoms with van der Waals surface area (Å²) in [6.45, 7) is 3.37. The van der Waals surface area contributed by atoms with Crippen LogP contribution in [-0.2, 0) is 16.6 Å². The van der Waals surface area contributed by atoms with E-state index in [1.807, 2.05) is 19.1 Å². The topological polar surface area (TPSA) is 73.7 Å². The van der Waals surface area contributed by atoms with Crippen molar-refractivity contribution in [2.24, 2.45) is 5.92 Å². The van der Waals surface area contributed by atoms with Crippen molar-refractivity contribution in [1.82, 2.24) is 4.98 Å². The van der Waals surface area contributed by atoms with Gasteiger partial charge in [-0.3, -0.25) is 13.6 Å². The predicted molar refractivity (Wildman–Crippen MR) is 108 cm³/mol. The number of aromatic nitrogens is 1. The molecule has 0 spiro atoms. The van der Waals surface area contributed by atoms with Crippen LogP contribution in [0.3, 0.4) is 0 Å². The average molecular weight is 423 g/mol. The molecule has 156 valence electrons. The van der Waals surface area contributed by atoms with Crippen LogP contribution in [-0.4, -0.2) is 44.1 Å². The molecular formula is C20H23F2N3O3S. The number of fused-ring (bicyclic) bond motifs is 1. The Bertz CT molecular complexity index is 1070. The number of alkyl halides is 2. The van der Waals surface area contributed by atoms with Gasteiger partial charge in [-0.2, -0.15) is 8.42 Å². The summed E-state index contributed by atoms with van der Waals surface area (Å²) < 4.78 is 54.5. The number of hydrogen-bond acceptors (Lipinski definition) is 4. The third kappa shape index (κ3) is 3.46. The Hall–Kier alpha value is -2.26.